The van der Waals surface area contributed by atoms with Crippen molar-refractivity contribution in [1.82, 2.24) is 0 Å². The molecule has 1 aliphatic heterocycles. The van der Waals surface area contributed by atoms with E-state index in [2.05, 4.69) is 31.3 Å². The maximum absolute atomic E-state index is 5.90. The molecule has 100 valence electrons. The van der Waals surface area contributed by atoms with Gasteiger partial charge in [-0.3, -0.25) is 0 Å². The van der Waals surface area contributed by atoms with Crippen molar-refractivity contribution in [2.75, 3.05) is 25.6 Å². The second-order valence-corrected chi connectivity index (χ2v) is 5.38. The molecule has 0 fully saturated rings. The van der Waals surface area contributed by atoms with Crippen LogP contribution in [0, 0.1) is 0 Å². The van der Waals surface area contributed by atoms with Crippen molar-refractivity contribution in [3.05, 3.63) is 23.8 Å². The van der Waals surface area contributed by atoms with E-state index >= 15 is 0 Å². The molecule has 1 aromatic rings. The molecule has 0 bridgehead atoms. The summed E-state index contributed by atoms with van der Waals surface area (Å²) in [5.74, 6) is 0.971. The van der Waals surface area contributed by atoms with Gasteiger partial charge in [0.1, 0.15) is 5.75 Å². The molecule has 1 heterocycles. The molecule has 0 radical (unpaired) electrons. The Morgan fingerprint density at radius 2 is 2.17 bits per heavy atom. The zero-order chi connectivity index (χ0) is 13.0. The molecule has 1 aromatic carbocycles. The molecule has 18 heavy (non-hydrogen) atoms. The first-order valence-corrected chi connectivity index (χ1v) is 6.66. The normalized spacial score (nSPS) is 14.8. The predicted molar refractivity (Wildman–Crippen MR) is 74.5 cm³/mol. The number of hydrogen-bond acceptors (Lipinski definition) is 3. The summed E-state index contributed by atoms with van der Waals surface area (Å²) in [4.78, 5) is 0. The van der Waals surface area contributed by atoms with Crippen LogP contribution in [0.5, 0.6) is 5.75 Å². The number of fused-ring (bicyclic) bond motifs is 1. The van der Waals surface area contributed by atoms with Gasteiger partial charge in [0.15, 0.2) is 0 Å². The summed E-state index contributed by atoms with van der Waals surface area (Å²) in [6.07, 6.45) is 3.23. The Kier molecular flexibility index (Phi) is 4.12. The molecule has 0 unspecified atom stereocenters. The third-order valence-corrected chi connectivity index (χ3v) is 3.55. The van der Waals surface area contributed by atoms with Gasteiger partial charge in [-0.15, -0.1) is 0 Å². The van der Waals surface area contributed by atoms with Crippen molar-refractivity contribution in [2.45, 2.75) is 38.7 Å². The van der Waals surface area contributed by atoms with E-state index in [0.717, 1.165) is 25.1 Å². The van der Waals surface area contributed by atoms with E-state index in [0.29, 0.717) is 6.61 Å². The molecule has 3 heteroatoms. The number of methoxy groups -OCH3 is 1. The lowest BCUT2D eigenvalue weighted by Gasteiger charge is -2.24. The average Bonchev–Trinajstić information content (AvgIpc) is 2.39. The topological polar surface area (TPSA) is 30.5 Å². The summed E-state index contributed by atoms with van der Waals surface area (Å²) in [5, 5.41) is 3.44. The SMILES string of the molecule is COC(C)(C)CCOc1cccc2c1NCCC2. The fourth-order valence-corrected chi connectivity index (χ4v) is 2.11. The quantitative estimate of drug-likeness (QED) is 0.869. The third kappa shape index (κ3) is 3.16. The molecule has 1 aliphatic rings. The van der Waals surface area contributed by atoms with Crippen LogP contribution in [0.1, 0.15) is 32.3 Å². The molecule has 0 amide bonds. The van der Waals surface area contributed by atoms with Crippen LogP contribution in [0.2, 0.25) is 0 Å². The van der Waals surface area contributed by atoms with Gasteiger partial charge >= 0.3 is 0 Å². The number of rotatable bonds is 5. The van der Waals surface area contributed by atoms with E-state index in [1.165, 1.54) is 17.7 Å². The lowest BCUT2D eigenvalue weighted by molar-refractivity contribution is 0.00550. The van der Waals surface area contributed by atoms with Gasteiger partial charge in [0.2, 0.25) is 0 Å². The zero-order valence-electron chi connectivity index (χ0n) is 11.6. The number of anilines is 1. The van der Waals surface area contributed by atoms with Crippen molar-refractivity contribution in [1.29, 1.82) is 0 Å². The summed E-state index contributed by atoms with van der Waals surface area (Å²) < 4.78 is 11.3. The lowest BCUT2D eigenvalue weighted by Crippen LogP contribution is -2.25. The molecule has 0 atom stereocenters. The van der Waals surface area contributed by atoms with E-state index in [4.69, 9.17) is 9.47 Å². The summed E-state index contributed by atoms with van der Waals surface area (Å²) in [6.45, 7) is 5.88. The number of benzene rings is 1. The second-order valence-electron chi connectivity index (χ2n) is 5.38. The van der Waals surface area contributed by atoms with Gasteiger partial charge in [0, 0.05) is 20.1 Å². The Hall–Kier alpha value is -1.22. The monoisotopic (exact) mass is 249 g/mol. The van der Waals surface area contributed by atoms with Crippen molar-refractivity contribution < 1.29 is 9.47 Å². The highest BCUT2D eigenvalue weighted by atomic mass is 16.5. The molecule has 1 N–H and O–H groups in total. The second kappa shape index (κ2) is 5.61. The Labute approximate surface area is 109 Å². The molecular formula is C15H23NO2. The molecule has 3 nitrogen and oxygen atoms in total. The summed E-state index contributed by atoms with van der Waals surface area (Å²) in [5.41, 5.74) is 2.42. The molecule has 0 aromatic heterocycles. The average molecular weight is 249 g/mol. The van der Waals surface area contributed by atoms with E-state index < -0.39 is 0 Å². The van der Waals surface area contributed by atoms with Gasteiger partial charge in [-0.2, -0.15) is 0 Å². The van der Waals surface area contributed by atoms with Crippen LogP contribution in [0.25, 0.3) is 0 Å². The number of nitrogens with one attached hydrogen (secondary N) is 1. The minimum Gasteiger partial charge on any atom is -0.491 e. The number of ether oxygens (including phenoxy) is 2. The molecular weight excluding hydrogens is 226 g/mol. The van der Waals surface area contributed by atoms with Crippen LogP contribution >= 0.6 is 0 Å². The maximum Gasteiger partial charge on any atom is 0.142 e. The maximum atomic E-state index is 5.90. The van der Waals surface area contributed by atoms with Gasteiger partial charge in [0.05, 0.1) is 17.9 Å². The Morgan fingerprint density at radius 1 is 1.33 bits per heavy atom. The van der Waals surface area contributed by atoms with E-state index in [9.17, 15) is 0 Å². The van der Waals surface area contributed by atoms with Crippen LogP contribution in [0.15, 0.2) is 18.2 Å². The number of aryl methyl sites for hydroxylation is 1. The van der Waals surface area contributed by atoms with E-state index in [1.54, 1.807) is 7.11 Å². The fraction of sp³-hybridized carbons (Fsp3) is 0.600. The Balaban J connectivity index is 1.97. The molecule has 0 aliphatic carbocycles. The van der Waals surface area contributed by atoms with E-state index in [-0.39, 0.29) is 5.60 Å². The van der Waals surface area contributed by atoms with E-state index in [1.807, 2.05) is 6.07 Å². The third-order valence-electron chi connectivity index (χ3n) is 3.55. The molecule has 0 spiro atoms. The van der Waals surface area contributed by atoms with Crippen LogP contribution in [-0.4, -0.2) is 25.9 Å². The molecule has 0 saturated heterocycles. The summed E-state index contributed by atoms with van der Waals surface area (Å²) >= 11 is 0. The van der Waals surface area contributed by atoms with Gasteiger partial charge in [0.25, 0.3) is 0 Å². The minimum absolute atomic E-state index is 0.123. The van der Waals surface area contributed by atoms with Crippen molar-refractivity contribution in [3.8, 4) is 5.75 Å². The Bertz CT molecular complexity index is 401. The molecule has 0 saturated carbocycles. The first-order chi connectivity index (χ1) is 8.62. The fourth-order valence-electron chi connectivity index (χ4n) is 2.11. The number of para-hydroxylation sites is 1. The Morgan fingerprint density at radius 3 is 2.94 bits per heavy atom. The largest absolute Gasteiger partial charge is 0.491 e. The predicted octanol–water partition coefficient (Wildman–Crippen LogP) is 3.24. The van der Waals surface area contributed by atoms with Crippen LogP contribution in [-0.2, 0) is 11.2 Å². The smallest absolute Gasteiger partial charge is 0.142 e. The lowest BCUT2D eigenvalue weighted by atomic mass is 10.0. The highest BCUT2D eigenvalue weighted by Gasteiger charge is 2.17. The minimum atomic E-state index is -0.123. The van der Waals surface area contributed by atoms with Crippen molar-refractivity contribution in [2.24, 2.45) is 0 Å². The first-order valence-electron chi connectivity index (χ1n) is 6.66. The highest BCUT2D eigenvalue weighted by molar-refractivity contribution is 5.63. The highest BCUT2D eigenvalue weighted by Crippen LogP contribution is 2.32. The van der Waals surface area contributed by atoms with Crippen molar-refractivity contribution >= 4 is 5.69 Å². The standard InChI is InChI=1S/C15H23NO2/c1-15(2,17-3)9-11-18-13-8-4-6-12-7-5-10-16-14(12)13/h4,6,8,16H,5,7,9-11H2,1-3H3. The van der Waals surface area contributed by atoms with Crippen LogP contribution < -0.4 is 10.1 Å². The van der Waals surface area contributed by atoms with Crippen LogP contribution in [0.3, 0.4) is 0 Å². The van der Waals surface area contributed by atoms with Gasteiger partial charge < -0.3 is 14.8 Å². The zero-order valence-corrected chi connectivity index (χ0v) is 11.6. The van der Waals surface area contributed by atoms with Crippen LogP contribution in [0.4, 0.5) is 5.69 Å². The molecule has 2 rings (SSSR count). The van der Waals surface area contributed by atoms with Gasteiger partial charge in [-0.25, -0.2) is 0 Å². The summed E-state index contributed by atoms with van der Waals surface area (Å²) in [7, 11) is 1.74. The van der Waals surface area contributed by atoms with Crippen molar-refractivity contribution in [3.63, 3.8) is 0 Å². The van der Waals surface area contributed by atoms with Gasteiger partial charge in [-0.1, -0.05) is 12.1 Å². The number of hydrogen-bond donors (Lipinski definition) is 1. The van der Waals surface area contributed by atoms with Gasteiger partial charge in [-0.05, 0) is 38.3 Å². The summed E-state index contributed by atoms with van der Waals surface area (Å²) in [6, 6.07) is 6.28. The first kappa shape index (κ1) is 13.2.